The third kappa shape index (κ3) is 2.78. The summed E-state index contributed by atoms with van der Waals surface area (Å²) < 4.78 is 10.6. The van der Waals surface area contributed by atoms with E-state index in [0.29, 0.717) is 23.9 Å². The van der Waals surface area contributed by atoms with Gasteiger partial charge in [0.25, 0.3) is 0 Å². The molecule has 0 spiro atoms. The molecule has 0 aliphatic rings. The summed E-state index contributed by atoms with van der Waals surface area (Å²) in [5.74, 6) is 0.792. The second-order valence-corrected chi connectivity index (χ2v) is 3.85. The maximum Gasteiger partial charge on any atom is 0.129 e. The van der Waals surface area contributed by atoms with E-state index in [2.05, 4.69) is 0 Å². The van der Waals surface area contributed by atoms with Crippen LogP contribution in [0.5, 0.6) is 0 Å². The molecule has 0 unspecified atom stereocenters. The number of rotatable bonds is 4. The van der Waals surface area contributed by atoms with E-state index < -0.39 is 0 Å². The first-order chi connectivity index (χ1) is 7.75. The number of hydrogen-bond acceptors (Lipinski definition) is 3. The SMILES string of the molecule is Nc1ccc(Cl)cc1COCc1ccco1. The maximum atomic E-state index is 5.87. The summed E-state index contributed by atoms with van der Waals surface area (Å²) in [7, 11) is 0. The first-order valence-corrected chi connectivity index (χ1v) is 5.27. The first kappa shape index (κ1) is 11.0. The minimum absolute atomic E-state index is 0.424. The van der Waals surface area contributed by atoms with Crippen LogP contribution in [0.2, 0.25) is 5.02 Å². The van der Waals surface area contributed by atoms with Gasteiger partial charge in [0.1, 0.15) is 12.4 Å². The van der Waals surface area contributed by atoms with Gasteiger partial charge in [-0.25, -0.2) is 0 Å². The highest BCUT2D eigenvalue weighted by Gasteiger charge is 2.01. The number of benzene rings is 1. The molecule has 2 aromatic rings. The molecule has 0 saturated heterocycles. The van der Waals surface area contributed by atoms with Crippen molar-refractivity contribution in [1.82, 2.24) is 0 Å². The van der Waals surface area contributed by atoms with Crippen LogP contribution in [-0.4, -0.2) is 0 Å². The van der Waals surface area contributed by atoms with E-state index in [1.165, 1.54) is 0 Å². The molecular formula is C12H12ClNO2. The Kier molecular flexibility index (Phi) is 3.49. The van der Waals surface area contributed by atoms with Crippen LogP contribution in [0.15, 0.2) is 41.0 Å². The Morgan fingerprint density at radius 1 is 1.25 bits per heavy atom. The lowest BCUT2D eigenvalue weighted by atomic mass is 10.2. The number of ether oxygens (including phenoxy) is 1. The van der Waals surface area contributed by atoms with Crippen LogP contribution in [0.1, 0.15) is 11.3 Å². The predicted molar refractivity (Wildman–Crippen MR) is 63.1 cm³/mol. The standard InChI is InChI=1S/C12H12ClNO2/c13-10-3-4-12(14)9(6-10)7-15-8-11-2-1-5-16-11/h1-6H,7-8,14H2. The van der Waals surface area contributed by atoms with Gasteiger partial charge in [-0.05, 0) is 30.3 Å². The van der Waals surface area contributed by atoms with Gasteiger partial charge in [0, 0.05) is 16.3 Å². The molecule has 1 aromatic carbocycles. The molecule has 16 heavy (non-hydrogen) atoms. The molecule has 0 aliphatic heterocycles. The number of halogens is 1. The molecular weight excluding hydrogens is 226 g/mol. The summed E-state index contributed by atoms with van der Waals surface area (Å²) in [5, 5.41) is 0.658. The van der Waals surface area contributed by atoms with E-state index in [1.807, 2.05) is 12.1 Å². The Hall–Kier alpha value is -1.45. The molecule has 3 nitrogen and oxygen atoms in total. The fourth-order valence-electron chi connectivity index (χ4n) is 1.36. The van der Waals surface area contributed by atoms with Gasteiger partial charge in [0.15, 0.2) is 0 Å². The fourth-order valence-corrected chi connectivity index (χ4v) is 1.55. The van der Waals surface area contributed by atoms with E-state index >= 15 is 0 Å². The second-order valence-electron chi connectivity index (χ2n) is 3.42. The Bertz CT molecular complexity index is 454. The van der Waals surface area contributed by atoms with Crippen LogP contribution in [0.4, 0.5) is 5.69 Å². The Balaban J connectivity index is 1.92. The van der Waals surface area contributed by atoms with E-state index in [9.17, 15) is 0 Å². The van der Waals surface area contributed by atoms with Crippen molar-refractivity contribution in [2.45, 2.75) is 13.2 Å². The summed E-state index contributed by atoms with van der Waals surface area (Å²) in [6.45, 7) is 0.853. The van der Waals surface area contributed by atoms with Crippen molar-refractivity contribution < 1.29 is 9.15 Å². The number of nitrogens with two attached hydrogens (primary N) is 1. The highest BCUT2D eigenvalue weighted by atomic mass is 35.5. The van der Waals surface area contributed by atoms with E-state index in [-0.39, 0.29) is 0 Å². The van der Waals surface area contributed by atoms with Gasteiger partial charge in [0.05, 0.1) is 12.9 Å². The molecule has 0 radical (unpaired) electrons. The lowest BCUT2D eigenvalue weighted by Gasteiger charge is -2.06. The highest BCUT2D eigenvalue weighted by molar-refractivity contribution is 6.30. The monoisotopic (exact) mass is 237 g/mol. The van der Waals surface area contributed by atoms with Gasteiger partial charge < -0.3 is 14.9 Å². The van der Waals surface area contributed by atoms with Crippen LogP contribution in [0, 0.1) is 0 Å². The van der Waals surface area contributed by atoms with Crippen molar-refractivity contribution in [2.24, 2.45) is 0 Å². The highest BCUT2D eigenvalue weighted by Crippen LogP contribution is 2.19. The smallest absolute Gasteiger partial charge is 0.129 e. The minimum atomic E-state index is 0.424. The van der Waals surface area contributed by atoms with Gasteiger partial charge in [-0.3, -0.25) is 0 Å². The summed E-state index contributed by atoms with van der Waals surface area (Å²) in [6.07, 6.45) is 1.62. The molecule has 4 heteroatoms. The Labute approximate surface area is 98.8 Å². The van der Waals surface area contributed by atoms with Crippen LogP contribution in [-0.2, 0) is 18.0 Å². The number of furan rings is 1. The molecule has 1 heterocycles. The molecule has 84 valence electrons. The molecule has 0 aliphatic carbocycles. The van der Waals surface area contributed by atoms with E-state index in [0.717, 1.165) is 11.3 Å². The molecule has 0 bridgehead atoms. The van der Waals surface area contributed by atoms with Crippen molar-refractivity contribution in [3.8, 4) is 0 Å². The second kappa shape index (κ2) is 5.05. The van der Waals surface area contributed by atoms with Crippen molar-refractivity contribution in [3.63, 3.8) is 0 Å². The van der Waals surface area contributed by atoms with Gasteiger partial charge in [0.2, 0.25) is 0 Å². The number of nitrogen functional groups attached to an aromatic ring is 1. The summed E-state index contributed by atoms with van der Waals surface area (Å²) in [6, 6.07) is 9.02. The first-order valence-electron chi connectivity index (χ1n) is 4.90. The molecule has 0 fully saturated rings. The van der Waals surface area contributed by atoms with E-state index in [4.69, 9.17) is 26.5 Å². The van der Waals surface area contributed by atoms with Gasteiger partial charge >= 0.3 is 0 Å². The van der Waals surface area contributed by atoms with E-state index in [1.54, 1.807) is 24.5 Å². The Morgan fingerprint density at radius 3 is 2.88 bits per heavy atom. The zero-order valence-electron chi connectivity index (χ0n) is 8.65. The van der Waals surface area contributed by atoms with Crippen molar-refractivity contribution in [3.05, 3.63) is 52.9 Å². The summed E-state index contributed by atoms with van der Waals surface area (Å²) >= 11 is 5.87. The molecule has 0 saturated carbocycles. The third-order valence-corrected chi connectivity index (χ3v) is 2.42. The summed E-state index contributed by atoms with van der Waals surface area (Å²) in [4.78, 5) is 0. The van der Waals surface area contributed by atoms with Crippen molar-refractivity contribution >= 4 is 17.3 Å². The zero-order chi connectivity index (χ0) is 11.4. The number of hydrogen-bond donors (Lipinski definition) is 1. The molecule has 0 atom stereocenters. The normalized spacial score (nSPS) is 10.6. The van der Waals surface area contributed by atoms with Crippen molar-refractivity contribution in [2.75, 3.05) is 5.73 Å². The number of anilines is 1. The fraction of sp³-hybridized carbons (Fsp3) is 0.167. The molecule has 0 amide bonds. The predicted octanol–water partition coefficient (Wildman–Crippen LogP) is 3.23. The quantitative estimate of drug-likeness (QED) is 0.831. The largest absolute Gasteiger partial charge is 0.467 e. The van der Waals surface area contributed by atoms with Gasteiger partial charge in [-0.2, -0.15) is 0 Å². The average molecular weight is 238 g/mol. The lowest BCUT2D eigenvalue weighted by molar-refractivity contribution is 0.0933. The molecule has 2 N–H and O–H groups in total. The van der Waals surface area contributed by atoms with Crippen LogP contribution in [0.25, 0.3) is 0 Å². The van der Waals surface area contributed by atoms with Gasteiger partial charge in [-0.15, -0.1) is 0 Å². The van der Waals surface area contributed by atoms with Crippen LogP contribution >= 0.6 is 11.6 Å². The topological polar surface area (TPSA) is 48.4 Å². The molecule has 1 aromatic heterocycles. The third-order valence-electron chi connectivity index (χ3n) is 2.19. The zero-order valence-corrected chi connectivity index (χ0v) is 9.41. The summed E-state index contributed by atoms with van der Waals surface area (Å²) in [5.41, 5.74) is 7.36. The minimum Gasteiger partial charge on any atom is -0.467 e. The maximum absolute atomic E-state index is 5.87. The van der Waals surface area contributed by atoms with Gasteiger partial charge in [-0.1, -0.05) is 11.6 Å². The van der Waals surface area contributed by atoms with Crippen molar-refractivity contribution in [1.29, 1.82) is 0 Å². The lowest BCUT2D eigenvalue weighted by Crippen LogP contribution is -1.98. The van der Waals surface area contributed by atoms with Crippen LogP contribution in [0.3, 0.4) is 0 Å². The Morgan fingerprint density at radius 2 is 2.12 bits per heavy atom. The molecule has 2 rings (SSSR count). The average Bonchev–Trinajstić information content (AvgIpc) is 2.76. The van der Waals surface area contributed by atoms with Crippen LogP contribution < -0.4 is 5.73 Å².